The van der Waals surface area contributed by atoms with Gasteiger partial charge in [0.05, 0.1) is 18.2 Å². The third-order valence-electron chi connectivity index (χ3n) is 3.76. The second-order valence-corrected chi connectivity index (χ2v) is 6.52. The van der Waals surface area contributed by atoms with Crippen LogP contribution in [0.1, 0.15) is 18.1 Å². The fourth-order valence-corrected chi connectivity index (χ4v) is 2.75. The first-order valence-corrected chi connectivity index (χ1v) is 9.10. The molecule has 3 N–H and O–H groups in total. The van der Waals surface area contributed by atoms with E-state index in [0.717, 1.165) is 24.2 Å². The number of aliphatic hydroxyl groups is 1. The summed E-state index contributed by atoms with van der Waals surface area (Å²) in [5.74, 6) is 1.18. The molecule has 142 valence electrons. The van der Waals surface area contributed by atoms with E-state index in [2.05, 4.69) is 10.6 Å². The van der Waals surface area contributed by atoms with Crippen molar-refractivity contribution in [3.05, 3.63) is 58.6 Å². The highest BCUT2D eigenvalue weighted by Crippen LogP contribution is 2.36. The molecule has 26 heavy (non-hydrogen) atoms. The van der Waals surface area contributed by atoms with Gasteiger partial charge in [0.25, 0.3) is 0 Å². The molecule has 0 saturated heterocycles. The van der Waals surface area contributed by atoms with Gasteiger partial charge in [-0.05, 0) is 30.2 Å². The van der Waals surface area contributed by atoms with Crippen LogP contribution in [0.5, 0.6) is 11.5 Å². The molecule has 2 aromatic carbocycles. The number of hydrogen-bond acceptors (Lipinski definition) is 5. The number of nitrogens with one attached hydrogen (secondary N) is 2. The van der Waals surface area contributed by atoms with Gasteiger partial charge in [0.2, 0.25) is 0 Å². The minimum absolute atomic E-state index is 0.332. The van der Waals surface area contributed by atoms with E-state index < -0.39 is 0 Å². The average Bonchev–Trinajstić information content (AvgIpc) is 2.63. The molecule has 1 unspecified atom stereocenters. The lowest BCUT2D eigenvalue weighted by molar-refractivity contribution is 0.191. The van der Waals surface area contributed by atoms with Gasteiger partial charge in [-0.25, -0.2) is 0 Å². The van der Waals surface area contributed by atoms with Crippen molar-refractivity contribution in [2.75, 3.05) is 26.7 Å². The number of benzene rings is 2. The minimum atomic E-state index is -0.332. The first kappa shape index (κ1) is 20.5. The predicted molar refractivity (Wildman–Crippen MR) is 105 cm³/mol. The van der Waals surface area contributed by atoms with Crippen molar-refractivity contribution in [3.8, 4) is 11.5 Å². The highest BCUT2D eigenvalue weighted by atomic mass is 35.5. The van der Waals surface area contributed by atoms with Gasteiger partial charge >= 0.3 is 0 Å². The summed E-state index contributed by atoms with van der Waals surface area (Å²) in [5.41, 5.74) is 2.09. The van der Waals surface area contributed by atoms with Gasteiger partial charge in [0.15, 0.2) is 11.5 Å². The smallest absolute Gasteiger partial charge is 0.180 e. The summed E-state index contributed by atoms with van der Waals surface area (Å²) in [6.45, 7) is 5.03. The molecule has 0 amide bonds. The topological polar surface area (TPSA) is 62.8 Å². The lowest BCUT2D eigenvalue weighted by Crippen LogP contribution is -2.31. The lowest BCUT2D eigenvalue weighted by atomic mass is 10.2. The van der Waals surface area contributed by atoms with Crippen LogP contribution in [0.3, 0.4) is 0 Å². The Kier molecular flexibility index (Phi) is 8.71. The molecule has 0 radical (unpaired) electrons. The predicted octanol–water partition coefficient (Wildman–Crippen LogP) is 2.99. The molecule has 1 atom stereocenters. The summed E-state index contributed by atoms with van der Waals surface area (Å²) < 4.78 is 11.3. The molecule has 0 bridgehead atoms. The van der Waals surface area contributed by atoms with Crippen LogP contribution in [0.25, 0.3) is 0 Å². The SMILES string of the molecule is COc1cc(CNCCNCC(C)O)cc(Cl)c1OCc1ccccc1. The van der Waals surface area contributed by atoms with E-state index in [1.54, 1.807) is 14.0 Å². The van der Waals surface area contributed by atoms with Crippen LogP contribution in [-0.4, -0.2) is 38.0 Å². The molecule has 2 aromatic rings. The zero-order chi connectivity index (χ0) is 18.8. The molecule has 6 heteroatoms. The Morgan fingerprint density at radius 2 is 1.81 bits per heavy atom. The van der Waals surface area contributed by atoms with Crippen molar-refractivity contribution in [2.45, 2.75) is 26.2 Å². The number of rotatable bonds is 11. The summed E-state index contributed by atoms with van der Waals surface area (Å²) in [4.78, 5) is 0. The van der Waals surface area contributed by atoms with Crippen molar-refractivity contribution in [3.63, 3.8) is 0 Å². The highest BCUT2D eigenvalue weighted by Gasteiger charge is 2.12. The molecule has 0 fully saturated rings. The zero-order valence-electron chi connectivity index (χ0n) is 15.3. The summed E-state index contributed by atoms with van der Waals surface area (Å²) in [6.07, 6.45) is -0.332. The Bertz CT molecular complexity index is 666. The Balaban J connectivity index is 1.89. The molecule has 0 aliphatic heterocycles. The van der Waals surface area contributed by atoms with E-state index in [1.807, 2.05) is 42.5 Å². The van der Waals surface area contributed by atoms with Gasteiger partial charge in [-0.2, -0.15) is 0 Å². The van der Waals surface area contributed by atoms with Crippen LogP contribution in [-0.2, 0) is 13.2 Å². The van der Waals surface area contributed by atoms with Crippen LogP contribution in [0.2, 0.25) is 5.02 Å². The van der Waals surface area contributed by atoms with Crippen molar-refractivity contribution in [1.29, 1.82) is 0 Å². The summed E-state index contributed by atoms with van der Waals surface area (Å²) in [5, 5.41) is 16.2. The summed E-state index contributed by atoms with van der Waals surface area (Å²) >= 11 is 6.40. The minimum Gasteiger partial charge on any atom is -0.493 e. The molecule has 0 heterocycles. The number of ether oxygens (including phenoxy) is 2. The van der Waals surface area contributed by atoms with Gasteiger partial charge in [-0.15, -0.1) is 0 Å². The van der Waals surface area contributed by atoms with Crippen LogP contribution < -0.4 is 20.1 Å². The van der Waals surface area contributed by atoms with Crippen LogP contribution in [0, 0.1) is 0 Å². The van der Waals surface area contributed by atoms with E-state index in [9.17, 15) is 5.11 Å². The monoisotopic (exact) mass is 378 g/mol. The number of aliphatic hydroxyl groups excluding tert-OH is 1. The summed E-state index contributed by atoms with van der Waals surface area (Å²) in [6, 6.07) is 13.8. The lowest BCUT2D eigenvalue weighted by Gasteiger charge is -2.15. The molecule has 2 rings (SSSR count). The molecule has 0 aliphatic carbocycles. The fourth-order valence-electron chi connectivity index (χ4n) is 2.47. The third kappa shape index (κ3) is 6.84. The van der Waals surface area contributed by atoms with Crippen molar-refractivity contribution in [1.82, 2.24) is 10.6 Å². The van der Waals surface area contributed by atoms with Crippen molar-refractivity contribution < 1.29 is 14.6 Å². The fraction of sp³-hybridized carbons (Fsp3) is 0.400. The normalized spacial score (nSPS) is 12.0. The van der Waals surface area contributed by atoms with E-state index >= 15 is 0 Å². The molecule has 0 spiro atoms. The number of hydrogen-bond donors (Lipinski definition) is 3. The maximum Gasteiger partial charge on any atom is 0.180 e. The zero-order valence-corrected chi connectivity index (χ0v) is 16.1. The molecule has 0 aliphatic rings. The molecular weight excluding hydrogens is 352 g/mol. The number of halogens is 1. The summed E-state index contributed by atoms with van der Waals surface area (Å²) in [7, 11) is 1.61. The van der Waals surface area contributed by atoms with Crippen LogP contribution >= 0.6 is 11.6 Å². The highest BCUT2D eigenvalue weighted by molar-refractivity contribution is 6.32. The number of methoxy groups -OCH3 is 1. The largest absolute Gasteiger partial charge is 0.493 e. The second kappa shape index (κ2) is 11.0. The van der Waals surface area contributed by atoms with Gasteiger partial charge < -0.3 is 25.2 Å². The van der Waals surface area contributed by atoms with Crippen LogP contribution in [0.4, 0.5) is 0 Å². The molecule has 5 nitrogen and oxygen atoms in total. The van der Waals surface area contributed by atoms with Gasteiger partial charge in [0.1, 0.15) is 6.61 Å². The Hall–Kier alpha value is -1.79. The quantitative estimate of drug-likeness (QED) is 0.525. The Morgan fingerprint density at radius 1 is 1.08 bits per heavy atom. The van der Waals surface area contributed by atoms with Crippen molar-refractivity contribution >= 4 is 11.6 Å². The van der Waals surface area contributed by atoms with Crippen molar-refractivity contribution in [2.24, 2.45) is 0 Å². The first-order chi connectivity index (χ1) is 12.6. The maximum absolute atomic E-state index is 9.19. The van der Waals surface area contributed by atoms with Gasteiger partial charge in [-0.1, -0.05) is 41.9 Å². The molecule has 0 aromatic heterocycles. The average molecular weight is 379 g/mol. The second-order valence-electron chi connectivity index (χ2n) is 6.11. The van der Waals surface area contributed by atoms with E-state index in [4.69, 9.17) is 21.1 Å². The molecular formula is C20H27ClN2O3. The molecule has 0 saturated carbocycles. The van der Waals surface area contributed by atoms with E-state index in [-0.39, 0.29) is 6.10 Å². The Morgan fingerprint density at radius 3 is 2.50 bits per heavy atom. The van der Waals surface area contributed by atoms with Gasteiger partial charge in [-0.3, -0.25) is 0 Å². The van der Waals surface area contributed by atoms with E-state index in [0.29, 0.717) is 36.2 Å². The van der Waals surface area contributed by atoms with Gasteiger partial charge in [0, 0.05) is 26.2 Å². The standard InChI is InChI=1S/C20H27ClN2O3/c1-15(24)12-22-8-9-23-13-17-10-18(21)20(19(11-17)25-2)26-14-16-6-4-3-5-7-16/h3-7,10-11,15,22-24H,8-9,12-14H2,1-2H3. The first-order valence-electron chi connectivity index (χ1n) is 8.72. The van der Waals surface area contributed by atoms with Crippen LogP contribution in [0.15, 0.2) is 42.5 Å². The van der Waals surface area contributed by atoms with E-state index in [1.165, 1.54) is 0 Å². The third-order valence-corrected chi connectivity index (χ3v) is 4.04. The Labute approximate surface area is 160 Å². The maximum atomic E-state index is 9.19.